The fourth-order valence-corrected chi connectivity index (χ4v) is 2.97. The minimum Gasteiger partial charge on any atom is -0.339 e. The average molecular weight is 340 g/mol. The van der Waals surface area contributed by atoms with E-state index in [1.54, 1.807) is 11.0 Å². The Bertz CT molecular complexity index is 743. The number of H-pyrrole nitrogens is 1. The highest BCUT2D eigenvalue weighted by molar-refractivity contribution is 5.92. The quantitative estimate of drug-likeness (QED) is 0.923. The first-order chi connectivity index (χ1) is 12.1. The van der Waals surface area contributed by atoms with Gasteiger partial charge in [0.1, 0.15) is 5.69 Å². The molecule has 0 saturated carbocycles. The molecule has 6 nitrogen and oxygen atoms in total. The van der Waals surface area contributed by atoms with Crippen molar-refractivity contribution in [3.8, 4) is 0 Å². The summed E-state index contributed by atoms with van der Waals surface area (Å²) in [4.78, 5) is 28.5. The number of hydrogen-bond donors (Lipinski definition) is 1. The van der Waals surface area contributed by atoms with E-state index in [2.05, 4.69) is 10.2 Å². The van der Waals surface area contributed by atoms with Crippen LogP contribution >= 0.6 is 0 Å². The Morgan fingerprint density at radius 1 is 1.08 bits per heavy atom. The van der Waals surface area contributed by atoms with Gasteiger partial charge in [0.15, 0.2) is 0 Å². The predicted molar refractivity (Wildman–Crippen MR) is 95.3 cm³/mol. The number of aromatic amines is 1. The van der Waals surface area contributed by atoms with Gasteiger partial charge in [-0.3, -0.25) is 14.7 Å². The maximum atomic E-state index is 12.5. The Kier molecular flexibility index (Phi) is 5.16. The summed E-state index contributed by atoms with van der Waals surface area (Å²) in [7, 11) is 0. The smallest absolute Gasteiger partial charge is 0.274 e. The van der Waals surface area contributed by atoms with Crippen LogP contribution in [-0.4, -0.2) is 58.0 Å². The normalized spacial score (nSPS) is 14.6. The van der Waals surface area contributed by atoms with E-state index in [-0.39, 0.29) is 11.8 Å². The largest absolute Gasteiger partial charge is 0.339 e. The fourth-order valence-electron chi connectivity index (χ4n) is 2.97. The predicted octanol–water partition coefficient (Wildman–Crippen LogP) is 1.81. The van der Waals surface area contributed by atoms with Gasteiger partial charge in [-0.2, -0.15) is 5.10 Å². The maximum absolute atomic E-state index is 12.5. The highest BCUT2D eigenvalue weighted by atomic mass is 16.2. The van der Waals surface area contributed by atoms with Crippen molar-refractivity contribution in [1.29, 1.82) is 0 Å². The number of amides is 2. The number of nitrogens with one attached hydrogen (secondary N) is 1. The number of rotatable bonds is 4. The second kappa shape index (κ2) is 7.51. The molecule has 0 bridgehead atoms. The first-order valence-electron chi connectivity index (χ1n) is 8.73. The summed E-state index contributed by atoms with van der Waals surface area (Å²) in [6.07, 6.45) is 1.23. The molecule has 1 aliphatic heterocycles. The first kappa shape index (κ1) is 17.2. The van der Waals surface area contributed by atoms with Crippen LogP contribution in [0.4, 0.5) is 0 Å². The molecule has 6 heteroatoms. The number of aromatic nitrogens is 2. The van der Waals surface area contributed by atoms with E-state index in [1.807, 2.05) is 43.0 Å². The molecule has 0 aliphatic carbocycles. The van der Waals surface area contributed by atoms with Gasteiger partial charge in [0.25, 0.3) is 5.91 Å². The Morgan fingerprint density at radius 3 is 2.32 bits per heavy atom. The molecular weight excluding hydrogens is 316 g/mol. The Balaban J connectivity index is 1.53. The van der Waals surface area contributed by atoms with Crippen LogP contribution in [0.1, 0.15) is 34.2 Å². The van der Waals surface area contributed by atoms with Crippen molar-refractivity contribution >= 4 is 11.8 Å². The standard InChI is InChI=1S/C19H24N4O2/c1-3-16-13-17(21-20-16)19(25)23-10-8-22(9-11-23)18(24)12-15-6-4-14(2)5-7-15/h4-7,13H,3,8-12H2,1-2H3,(H,20,21). The monoisotopic (exact) mass is 340 g/mol. The van der Waals surface area contributed by atoms with Gasteiger partial charge in [0.05, 0.1) is 6.42 Å². The highest BCUT2D eigenvalue weighted by Crippen LogP contribution is 2.11. The van der Waals surface area contributed by atoms with E-state index in [0.717, 1.165) is 17.7 Å². The van der Waals surface area contributed by atoms with Crippen LogP contribution in [0.3, 0.4) is 0 Å². The molecule has 1 aromatic carbocycles. The first-order valence-corrected chi connectivity index (χ1v) is 8.73. The molecule has 2 amide bonds. The van der Waals surface area contributed by atoms with Crippen molar-refractivity contribution < 1.29 is 9.59 Å². The van der Waals surface area contributed by atoms with E-state index in [0.29, 0.717) is 38.3 Å². The molecular formula is C19H24N4O2. The van der Waals surface area contributed by atoms with Crippen LogP contribution in [0, 0.1) is 6.92 Å². The summed E-state index contributed by atoms with van der Waals surface area (Å²) in [5, 5.41) is 6.95. The zero-order valence-electron chi connectivity index (χ0n) is 14.8. The van der Waals surface area contributed by atoms with Crippen LogP contribution in [0.15, 0.2) is 30.3 Å². The molecule has 132 valence electrons. The molecule has 3 rings (SSSR count). The Morgan fingerprint density at radius 2 is 1.72 bits per heavy atom. The third-order valence-electron chi connectivity index (χ3n) is 4.63. The summed E-state index contributed by atoms with van der Waals surface area (Å²) < 4.78 is 0. The number of carbonyl (C=O) groups excluding carboxylic acids is 2. The Labute approximate surface area is 147 Å². The minimum atomic E-state index is -0.0680. The summed E-state index contributed by atoms with van der Waals surface area (Å²) in [5.41, 5.74) is 3.62. The van der Waals surface area contributed by atoms with Gasteiger partial charge in [-0.1, -0.05) is 36.8 Å². The van der Waals surface area contributed by atoms with Gasteiger partial charge >= 0.3 is 0 Å². The van der Waals surface area contributed by atoms with Crippen LogP contribution in [0.2, 0.25) is 0 Å². The van der Waals surface area contributed by atoms with E-state index < -0.39 is 0 Å². The lowest BCUT2D eigenvalue weighted by Crippen LogP contribution is -2.51. The molecule has 0 atom stereocenters. The molecule has 2 heterocycles. The van der Waals surface area contributed by atoms with E-state index in [1.165, 1.54) is 5.56 Å². The number of piperazine rings is 1. The maximum Gasteiger partial charge on any atom is 0.274 e. The van der Waals surface area contributed by atoms with Crippen molar-refractivity contribution in [1.82, 2.24) is 20.0 Å². The number of carbonyl (C=O) groups is 2. The molecule has 1 aromatic heterocycles. The van der Waals surface area contributed by atoms with Crippen molar-refractivity contribution in [3.63, 3.8) is 0 Å². The Hall–Kier alpha value is -2.63. The van der Waals surface area contributed by atoms with Crippen LogP contribution in [-0.2, 0) is 17.6 Å². The van der Waals surface area contributed by atoms with Crippen LogP contribution in [0.5, 0.6) is 0 Å². The average Bonchev–Trinajstić information content (AvgIpc) is 3.12. The lowest BCUT2D eigenvalue weighted by atomic mass is 10.1. The van der Waals surface area contributed by atoms with E-state index >= 15 is 0 Å². The summed E-state index contributed by atoms with van der Waals surface area (Å²) >= 11 is 0. The number of nitrogens with zero attached hydrogens (tertiary/aromatic N) is 3. The third-order valence-corrected chi connectivity index (χ3v) is 4.63. The van der Waals surface area contributed by atoms with E-state index in [4.69, 9.17) is 0 Å². The summed E-state index contributed by atoms with van der Waals surface area (Å²) in [6, 6.07) is 9.84. The van der Waals surface area contributed by atoms with Gasteiger partial charge in [-0.25, -0.2) is 0 Å². The van der Waals surface area contributed by atoms with Crippen molar-refractivity contribution in [2.24, 2.45) is 0 Å². The molecule has 1 fully saturated rings. The molecule has 0 radical (unpaired) electrons. The van der Waals surface area contributed by atoms with Gasteiger partial charge < -0.3 is 9.80 Å². The van der Waals surface area contributed by atoms with Crippen molar-refractivity contribution in [2.45, 2.75) is 26.7 Å². The zero-order chi connectivity index (χ0) is 17.8. The van der Waals surface area contributed by atoms with E-state index in [9.17, 15) is 9.59 Å². The topological polar surface area (TPSA) is 69.3 Å². The zero-order valence-corrected chi connectivity index (χ0v) is 14.8. The second-order valence-electron chi connectivity index (χ2n) is 6.47. The van der Waals surface area contributed by atoms with Gasteiger partial charge in [0, 0.05) is 31.9 Å². The second-order valence-corrected chi connectivity index (χ2v) is 6.47. The number of hydrogen-bond acceptors (Lipinski definition) is 3. The molecule has 1 aliphatic rings. The molecule has 0 unspecified atom stereocenters. The lowest BCUT2D eigenvalue weighted by molar-refractivity contribution is -0.131. The summed E-state index contributed by atoms with van der Waals surface area (Å²) in [5.74, 6) is 0.0468. The SMILES string of the molecule is CCc1cc(C(=O)N2CCN(C(=O)Cc3ccc(C)cc3)CC2)n[nH]1. The van der Waals surface area contributed by atoms with Crippen molar-refractivity contribution in [3.05, 3.63) is 52.8 Å². The van der Waals surface area contributed by atoms with Gasteiger partial charge in [-0.15, -0.1) is 0 Å². The molecule has 1 saturated heterocycles. The highest BCUT2D eigenvalue weighted by Gasteiger charge is 2.26. The minimum absolute atomic E-state index is 0.0680. The number of benzene rings is 1. The summed E-state index contributed by atoms with van der Waals surface area (Å²) in [6.45, 7) is 6.29. The van der Waals surface area contributed by atoms with Gasteiger partial charge in [-0.05, 0) is 25.0 Å². The fraction of sp³-hybridized carbons (Fsp3) is 0.421. The van der Waals surface area contributed by atoms with Crippen LogP contribution < -0.4 is 0 Å². The lowest BCUT2D eigenvalue weighted by Gasteiger charge is -2.34. The van der Waals surface area contributed by atoms with Gasteiger partial charge in [0.2, 0.25) is 5.91 Å². The number of aryl methyl sites for hydroxylation is 2. The van der Waals surface area contributed by atoms with Crippen LogP contribution in [0.25, 0.3) is 0 Å². The molecule has 0 spiro atoms. The molecule has 25 heavy (non-hydrogen) atoms. The molecule has 1 N–H and O–H groups in total. The third kappa shape index (κ3) is 4.07. The van der Waals surface area contributed by atoms with Crippen molar-refractivity contribution in [2.75, 3.05) is 26.2 Å². The molecule has 2 aromatic rings.